The Kier molecular flexibility index (Phi) is 11.2. The third kappa shape index (κ3) is 8.74. The molecule has 2 saturated heterocycles. The van der Waals surface area contributed by atoms with Gasteiger partial charge in [-0.2, -0.15) is 10.1 Å². The van der Waals surface area contributed by atoms with Crippen LogP contribution in [0.25, 0.3) is 0 Å². The molecule has 216 valence electrons. The highest BCUT2D eigenvalue weighted by Crippen LogP contribution is 2.42. The van der Waals surface area contributed by atoms with Crippen LogP contribution in [0.2, 0.25) is 0 Å². The highest BCUT2D eigenvalue weighted by molar-refractivity contribution is 5.81. The number of Topliss-reactive ketones (excluding diaryl/α,β-unsaturated/α-hetero) is 1. The van der Waals surface area contributed by atoms with Gasteiger partial charge in [-0.3, -0.25) is 9.59 Å². The quantitative estimate of drug-likeness (QED) is 0.198. The fraction of sp³-hybridized carbons (Fsp3) is 0.933. The number of esters is 1. The van der Waals surface area contributed by atoms with Gasteiger partial charge >= 0.3 is 5.97 Å². The van der Waals surface area contributed by atoms with Crippen molar-refractivity contribution >= 4 is 11.8 Å². The third-order valence-electron chi connectivity index (χ3n) is 8.32. The first kappa shape index (κ1) is 32.2. The summed E-state index contributed by atoms with van der Waals surface area (Å²) in [6, 6.07) is 0. The van der Waals surface area contributed by atoms with Crippen LogP contribution in [0.5, 0.6) is 0 Å². The number of nitrogens with zero attached hydrogens (tertiary/aromatic N) is 2. The van der Waals surface area contributed by atoms with Crippen molar-refractivity contribution in [3.8, 4) is 0 Å². The lowest BCUT2D eigenvalue weighted by molar-refractivity contribution is -0.278. The zero-order chi connectivity index (χ0) is 28.1. The van der Waals surface area contributed by atoms with E-state index in [1.165, 1.54) is 0 Å². The summed E-state index contributed by atoms with van der Waals surface area (Å²) in [5, 5.41) is 4.09. The second kappa shape index (κ2) is 12.9. The van der Waals surface area contributed by atoms with Crippen LogP contribution in [-0.4, -0.2) is 64.4 Å². The Bertz CT molecular complexity index is 725. The summed E-state index contributed by atoms with van der Waals surface area (Å²) in [5.74, 6) is 0.432. The maximum atomic E-state index is 12.9. The molecule has 0 unspecified atom stereocenters. The van der Waals surface area contributed by atoms with Crippen molar-refractivity contribution in [1.29, 1.82) is 0 Å². The number of carbonyl (C=O) groups excluding carboxylic acids is 2. The number of carbonyl (C=O) groups is 2. The second-order valence-electron chi connectivity index (χ2n) is 13.9. The molecule has 7 nitrogen and oxygen atoms in total. The highest BCUT2D eigenvalue weighted by atomic mass is 16.7. The average Bonchev–Trinajstić information content (AvgIpc) is 2.72. The van der Waals surface area contributed by atoms with Gasteiger partial charge in [0.2, 0.25) is 0 Å². The monoisotopic (exact) mass is 524 g/mol. The second-order valence-corrected chi connectivity index (χ2v) is 13.9. The predicted molar refractivity (Wildman–Crippen MR) is 148 cm³/mol. The summed E-state index contributed by atoms with van der Waals surface area (Å²) in [6.07, 6.45) is 10.5. The Hall–Kier alpha value is -1.02. The predicted octanol–water partition coefficient (Wildman–Crippen LogP) is 6.63. The fourth-order valence-electron chi connectivity index (χ4n) is 7.46. The summed E-state index contributed by atoms with van der Waals surface area (Å²) in [6.45, 7) is 17.2. The summed E-state index contributed by atoms with van der Waals surface area (Å²) < 4.78 is 5.86. The van der Waals surface area contributed by atoms with Crippen molar-refractivity contribution in [1.82, 2.24) is 10.1 Å². The fourth-order valence-corrected chi connectivity index (χ4v) is 7.46. The summed E-state index contributed by atoms with van der Waals surface area (Å²) in [5.41, 5.74) is -0.662. The van der Waals surface area contributed by atoms with Crippen molar-refractivity contribution < 1.29 is 24.0 Å². The Labute approximate surface area is 226 Å². The van der Waals surface area contributed by atoms with Crippen LogP contribution in [0, 0.1) is 5.92 Å². The number of ether oxygens (including phenoxy) is 1. The van der Waals surface area contributed by atoms with Crippen molar-refractivity contribution in [3.63, 3.8) is 0 Å². The SMILES string of the molecule is CON1C(C)(C)CC(OC(=O)CCCCCCCCC(=O)C2CC(C)(C)N(OC)C(C)(C)C2)CC1(C)C. The zero-order valence-electron chi connectivity index (χ0n) is 25.6. The molecule has 0 aromatic rings. The molecule has 0 aromatic heterocycles. The third-order valence-corrected chi connectivity index (χ3v) is 8.32. The van der Waals surface area contributed by atoms with E-state index < -0.39 is 0 Å². The Morgan fingerprint density at radius 3 is 1.43 bits per heavy atom. The Balaban J connectivity index is 1.60. The van der Waals surface area contributed by atoms with Gasteiger partial charge in [0, 0.05) is 53.8 Å². The van der Waals surface area contributed by atoms with Gasteiger partial charge in [-0.1, -0.05) is 25.7 Å². The topological polar surface area (TPSA) is 68.3 Å². The highest BCUT2D eigenvalue weighted by Gasteiger charge is 2.48. The van der Waals surface area contributed by atoms with Crippen LogP contribution in [0.15, 0.2) is 0 Å². The van der Waals surface area contributed by atoms with E-state index in [-0.39, 0.29) is 40.1 Å². The number of hydrogen-bond acceptors (Lipinski definition) is 7. The van der Waals surface area contributed by atoms with E-state index in [0.717, 1.165) is 64.2 Å². The number of hydrogen-bond donors (Lipinski definition) is 0. The van der Waals surface area contributed by atoms with Crippen molar-refractivity contribution in [2.45, 2.75) is 161 Å². The van der Waals surface area contributed by atoms with Crippen molar-refractivity contribution in [3.05, 3.63) is 0 Å². The van der Waals surface area contributed by atoms with Gasteiger partial charge in [0.05, 0.1) is 14.2 Å². The first-order chi connectivity index (χ1) is 17.1. The first-order valence-corrected chi connectivity index (χ1v) is 14.5. The lowest BCUT2D eigenvalue weighted by Gasteiger charge is -2.53. The normalized spacial score (nSPS) is 24.2. The van der Waals surface area contributed by atoms with Gasteiger partial charge in [-0.05, 0) is 81.1 Å². The van der Waals surface area contributed by atoms with Gasteiger partial charge in [-0.15, -0.1) is 0 Å². The van der Waals surface area contributed by atoms with E-state index in [1.54, 1.807) is 14.2 Å². The maximum absolute atomic E-state index is 12.9. The molecule has 2 rings (SSSR count). The molecule has 2 aliphatic heterocycles. The largest absolute Gasteiger partial charge is 0.462 e. The molecule has 7 heteroatoms. The van der Waals surface area contributed by atoms with E-state index in [4.69, 9.17) is 14.4 Å². The standard InChI is InChI=1S/C30H56N2O5/c1-27(2)19-23(20-28(3,4)31(27)35-9)25(33)17-15-13-11-12-14-16-18-26(34)37-24-21-29(5,6)32(36-10)30(7,8)22-24/h23-24H,11-22H2,1-10H3. The summed E-state index contributed by atoms with van der Waals surface area (Å²) in [7, 11) is 3.43. The molecule has 0 aromatic carbocycles. The molecular formula is C30H56N2O5. The van der Waals surface area contributed by atoms with Gasteiger partial charge in [0.25, 0.3) is 0 Å². The molecular weight excluding hydrogens is 468 g/mol. The zero-order valence-corrected chi connectivity index (χ0v) is 25.6. The van der Waals surface area contributed by atoms with Gasteiger partial charge in [-0.25, -0.2) is 0 Å². The van der Waals surface area contributed by atoms with E-state index >= 15 is 0 Å². The number of rotatable bonds is 13. The Morgan fingerprint density at radius 1 is 0.622 bits per heavy atom. The van der Waals surface area contributed by atoms with E-state index in [1.807, 2.05) is 5.06 Å². The average molecular weight is 525 g/mol. The minimum Gasteiger partial charge on any atom is -0.462 e. The molecule has 0 aliphatic carbocycles. The first-order valence-electron chi connectivity index (χ1n) is 14.5. The van der Waals surface area contributed by atoms with Crippen LogP contribution in [-0.2, 0) is 24.0 Å². The van der Waals surface area contributed by atoms with E-state index in [2.05, 4.69) is 60.5 Å². The lowest BCUT2D eigenvalue weighted by Crippen LogP contribution is -2.61. The molecule has 37 heavy (non-hydrogen) atoms. The van der Waals surface area contributed by atoms with Crippen LogP contribution >= 0.6 is 0 Å². The summed E-state index contributed by atoms with van der Waals surface area (Å²) >= 11 is 0. The molecule has 0 saturated carbocycles. The lowest BCUT2D eigenvalue weighted by atomic mass is 9.73. The molecule has 2 aliphatic rings. The van der Waals surface area contributed by atoms with Crippen LogP contribution in [0.3, 0.4) is 0 Å². The molecule has 0 N–H and O–H groups in total. The van der Waals surface area contributed by atoms with Gasteiger partial charge in [0.15, 0.2) is 0 Å². The summed E-state index contributed by atoms with van der Waals surface area (Å²) in [4.78, 5) is 36.7. The molecule has 0 amide bonds. The molecule has 0 bridgehead atoms. The molecule has 0 atom stereocenters. The van der Waals surface area contributed by atoms with Crippen LogP contribution in [0.1, 0.15) is 132 Å². The molecule has 2 fully saturated rings. The van der Waals surface area contributed by atoms with Crippen molar-refractivity contribution in [2.24, 2.45) is 5.92 Å². The number of hydroxylamine groups is 4. The minimum absolute atomic E-state index is 0.0701. The van der Waals surface area contributed by atoms with Crippen molar-refractivity contribution in [2.75, 3.05) is 14.2 Å². The molecule has 0 radical (unpaired) electrons. The smallest absolute Gasteiger partial charge is 0.306 e. The van der Waals surface area contributed by atoms with E-state index in [0.29, 0.717) is 18.6 Å². The van der Waals surface area contributed by atoms with Gasteiger partial charge < -0.3 is 14.4 Å². The number of unbranched alkanes of at least 4 members (excludes halogenated alkanes) is 5. The van der Waals surface area contributed by atoms with Gasteiger partial charge in [0.1, 0.15) is 11.9 Å². The maximum Gasteiger partial charge on any atom is 0.306 e. The number of ketones is 1. The minimum atomic E-state index is -0.184. The molecule has 0 spiro atoms. The van der Waals surface area contributed by atoms with Crippen LogP contribution in [0.4, 0.5) is 0 Å². The van der Waals surface area contributed by atoms with Crippen LogP contribution < -0.4 is 0 Å². The Morgan fingerprint density at radius 2 is 1.00 bits per heavy atom. The molecule has 2 heterocycles. The van der Waals surface area contributed by atoms with E-state index in [9.17, 15) is 9.59 Å². The number of piperidine rings is 2.